The van der Waals surface area contributed by atoms with Crippen molar-refractivity contribution >= 4 is 5.97 Å². The second-order valence-electron chi connectivity index (χ2n) is 4.35. The number of nitrogens with one attached hydrogen (secondary N) is 1. The van der Waals surface area contributed by atoms with Crippen molar-refractivity contribution in [3.63, 3.8) is 0 Å². The Kier molecular flexibility index (Phi) is 5.66. The van der Waals surface area contributed by atoms with Gasteiger partial charge in [0.1, 0.15) is 5.82 Å². The van der Waals surface area contributed by atoms with Crippen molar-refractivity contribution in [2.45, 2.75) is 25.5 Å². The van der Waals surface area contributed by atoms with Gasteiger partial charge in [0.15, 0.2) is 0 Å². The summed E-state index contributed by atoms with van der Waals surface area (Å²) >= 11 is 0. The number of hydrogen-bond donors (Lipinski definition) is 3. The van der Waals surface area contributed by atoms with Gasteiger partial charge < -0.3 is 15.5 Å². The standard InChI is InChI=1S/C14H18FNO3/c1-3-6-16-12(8-13(17)18)14(19)10-4-5-11(15)9(2)7-10/h3-5,7,12,14,16,19H,1,6,8H2,2H3,(H,17,18). The van der Waals surface area contributed by atoms with Gasteiger partial charge in [-0.2, -0.15) is 0 Å². The topological polar surface area (TPSA) is 69.6 Å². The van der Waals surface area contributed by atoms with Crippen molar-refractivity contribution < 1.29 is 19.4 Å². The van der Waals surface area contributed by atoms with Crippen molar-refractivity contribution in [1.82, 2.24) is 5.32 Å². The largest absolute Gasteiger partial charge is 0.481 e. The Labute approximate surface area is 111 Å². The van der Waals surface area contributed by atoms with Crippen LogP contribution in [0.2, 0.25) is 0 Å². The molecule has 0 aromatic heterocycles. The summed E-state index contributed by atoms with van der Waals surface area (Å²) in [6, 6.07) is 3.58. The summed E-state index contributed by atoms with van der Waals surface area (Å²) < 4.78 is 13.2. The maximum atomic E-state index is 13.2. The predicted octanol–water partition coefficient (Wildman–Crippen LogP) is 1.79. The van der Waals surface area contributed by atoms with Gasteiger partial charge in [0.05, 0.1) is 12.5 Å². The van der Waals surface area contributed by atoms with Crippen LogP contribution in [-0.4, -0.2) is 28.8 Å². The van der Waals surface area contributed by atoms with Crippen LogP contribution in [0.4, 0.5) is 4.39 Å². The Morgan fingerprint density at radius 1 is 1.58 bits per heavy atom. The molecular formula is C14H18FNO3. The van der Waals surface area contributed by atoms with Crippen LogP contribution in [0.25, 0.3) is 0 Å². The molecule has 1 aromatic carbocycles. The van der Waals surface area contributed by atoms with E-state index in [0.29, 0.717) is 17.7 Å². The molecule has 1 aromatic rings. The number of aliphatic carboxylic acids is 1. The summed E-state index contributed by atoms with van der Waals surface area (Å²) in [6.45, 7) is 5.50. The Morgan fingerprint density at radius 3 is 2.79 bits per heavy atom. The van der Waals surface area contributed by atoms with Crippen LogP contribution in [0.15, 0.2) is 30.9 Å². The minimum absolute atomic E-state index is 0.231. The van der Waals surface area contributed by atoms with Gasteiger partial charge in [0, 0.05) is 12.6 Å². The second kappa shape index (κ2) is 7.01. The van der Waals surface area contributed by atoms with E-state index < -0.39 is 18.1 Å². The Hall–Kier alpha value is -1.72. The number of aliphatic hydroxyl groups excluding tert-OH is 1. The van der Waals surface area contributed by atoms with Crippen LogP contribution in [0.3, 0.4) is 0 Å². The number of benzene rings is 1. The number of aliphatic hydroxyl groups is 1. The van der Waals surface area contributed by atoms with E-state index in [9.17, 15) is 14.3 Å². The van der Waals surface area contributed by atoms with Gasteiger partial charge in [-0.1, -0.05) is 18.2 Å². The smallest absolute Gasteiger partial charge is 0.305 e. The number of aryl methyl sites for hydroxylation is 1. The van der Waals surface area contributed by atoms with E-state index in [1.165, 1.54) is 18.2 Å². The lowest BCUT2D eigenvalue weighted by Crippen LogP contribution is -2.37. The number of hydrogen-bond acceptors (Lipinski definition) is 3. The van der Waals surface area contributed by atoms with Gasteiger partial charge in [0.2, 0.25) is 0 Å². The van der Waals surface area contributed by atoms with E-state index in [1.807, 2.05) is 0 Å². The van der Waals surface area contributed by atoms with E-state index >= 15 is 0 Å². The third kappa shape index (κ3) is 4.46. The summed E-state index contributed by atoms with van der Waals surface area (Å²) in [6.07, 6.45) is 0.332. The third-order valence-electron chi connectivity index (χ3n) is 2.82. The highest BCUT2D eigenvalue weighted by atomic mass is 19.1. The molecule has 0 radical (unpaired) electrons. The fourth-order valence-electron chi connectivity index (χ4n) is 1.80. The normalized spacial score (nSPS) is 13.8. The Balaban J connectivity index is 2.89. The molecule has 0 heterocycles. The molecule has 5 heteroatoms. The summed E-state index contributed by atoms with van der Waals surface area (Å²) in [7, 11) is 0. The van der Waals surface area contributed by atoms with Crippen molar-refractivity contribution in [2.75, 3.05) is 6.54 Å². The molecule has 2 atom stereocenters. The fourth-order valence-corrected chi connectivity index (χ4v) is 1.80. The van der Waals surface area contributed by atoms with E-state index in [2.05, 4.69) is 11.9 Å². The average Bonchev–Trinajstić information content (AvgIpc) is 2.36. The quantitative estimate of drug-likeness (QED) is 0.659. The maximum absolute atomic E-state index is 13.2. The molecular weight excluding hydrogens is 249 g/mol. The minimum atomic E-state index is -1.02. The van der Waals surface area contributed by atoms with Gasteiger partial charge in [-0.15, -0.1) is 6.58 Å². The van der Waals surface area contributed by atoms with Crippen LogP contribution < -0.4 is 5.32 Å². The van der Waals surface area contributed by atoms with Crippen LogP contribution in [-0.2, 0) is 4.79 Å². The predicted molar refractivity (Wildman–Crippen MR) is 70.3 cm³/mol. The first kappa shape index (κ1) is 15.3. The number of halogens is 1. The lowest BCUT2D eigenvalue weighted by atomic mass is 9.98. The Bertz CT molecular complexity index is 462. The number of carbonyl (C=O) groups is 1. The fraction of sp³-hybridized carbons (Fsp3) is 0.357. The van der Waals surface area contributed by atoms with Crippen molar-refractivity contribution in [3.8, 4) is 0 Å². The first-order valence-corrected chi connectivity index (χ1v) is 5.96. The number of carboxylic acid groups (broad SMARTS) is 1. The zero-order valence-electron chi connectivity index (χ0n) is 10.8. The summed E-state index contributed by atoms with van der Waals surface area (Å²) in [5, 5.41) is 21.9. The molecule has 2 unspecified atom stereocenters. The van der Waals surface area contributed by atoms with E-state index in [-0.39, 0.29) is 12.2 Å². The minimum Gasteiger partial charge on any atom is -0.481 e. The maximum Gasteiger partial charge on any atom is 0.305 e. The SMILES string of the molecule is C=CCNC(CC(=O)O)C(O)c1ccc(F)c(C)c1. The molecule has 3 N–H and O–H groups in total. The average molecular weight is 267 g/mol. The first-order valence-electron chi connectivity index (χ1n) is 5.96. The lowest BCUT2D eigenvalue weighted by molar-refractivity contribution is -0.138. The summed E-state index contributed by atoms with van der Waals surface area (Å²) in [5.41, 5.74) is 0.899. The zero-order valence-corrected chi connectivity index (χ0v) is 10.8. The van der Waals surface area contributed by atoms with Gasteiger partial charge >= 0.3 is 5.97 Å². The molecule has 0 saturated heterocycles. The molecule has 0 amide bonds. The lowest BCUT2D eigenvalue weighted by Gasteiger charge is -2.23. The van der Waals surface area contributed by atoms with E-state index in [4.69, 9.17) is 5.11 Å². The van der Waals surface area contributed by atoms with Crippen LogP contribution in [0.5, 0.6) is 0 Å². The van der Waals surface area contributed by atoms with Gasteiger partial charge in [-0.3, -0.25) is 4.79 Å². The molecule has 0 aliphatic rings. The molecule has 4 nitrogen and oxygen atoms in total. The first-order chi connectivity index (χ1) is 8.95. The van der Waals surface area contributed by atoms with Crippen LogP contribution >= 0.6 is 0 Å². The molecule has 0 saturated carbocycles. The van der Waals surface area contributed by atoms with Crippen LogP contribution in [0.1, 0.15) is 23.7 Å². The van der Waals surface area contributed by atoms with Crippen LogP contribution in [0, 0.1) is 12.7 Å². The number of carboxylic acids is 1. The molecule has 1 rings (SSSR count). The molecule has 0 fully saturated rings. The molecule has 0 aliphatic heterocycles. The van der Waals surface area contributed by atoms with Crippen molar-refractivity contribution in [3.05, 3.63) is 47.8 Å². The van der Waals surface area contributed by atoms with E-state index in [0.717, 1.165) is 0 Å². The molecule has 0 spiro atoms. The zero-order chi connectivity index (χ0) is 14.4. The highest BCUT2D eigenvalue weighted by Gasteiger charge is 2.23. The van der Waals surface area contributed by atoms with E-state index in [1.54, 1.807) is 13.0 Å². The Morgan fingerprint density at radius 2 is 2.26 bits per heavy atom. The molecule has 0 bridgehead atoms. The van der Waals surface area contributed by atoms with Gasteiger partial charge in [-0.25, -0.2) is 4.39 Å². The third-order valence-corrected chi connectivity index (χ3v) is 2.82. The number of rotatable bonds is 7. The second-order valence-corrected chi connectivity index (χ2v) is 4.35. The monoisotopic (exact) mass is 267 g/mol. The summed E-state index contributed by atoms with van der Waals surface area (Å²) in [4.78, 5) is 10.8. The van der Waals surface area contributed by atoms with Gasteiger partial charge in [0.25, 0.3) is 0 Å². The van der Waals surface area contributed by atoms with Gasteiger partial charge in [-0.05, 0) is 24.1 Å². The molecule has 19 heavy (non-hydrogen) atoms. The van der Waals surface area contributed by atoms with Crippen molar-refractivity contribution in [1.29, 1.82) is 0 Å². The van der Waals surface area contributed by atoms with Crippen molar-refractivity contribution in [2.24, 2.45) is 0 Å². The molecule has 104 valence electrons. The highest BCUT2D eigenvalue weighted by molar-refractivity contribution is 5.67. The highest BCUT2D eigenvalue weighted by Crippen LogP contribution is 2.21. The molecule has 0 aliphatic carbocycles. The summed E-state index contributed by atoms with van der Waals surface area (Å²) in [5.74, 6) is -1.37.